The predicted molar refractivity (Wildman–Crippen MR) is 83.2 cm³/mol. The predicted octanol–water partition coefficient (Wildman–Crippen LogP) is 1.34. The maximum Gasteiger partial charge on any atom is 0.252 e. The summed E-state index contributed by atoms with van der Waals surface area (Å²) in [7, 11) is 0. The second-order valence-corrected chi connectivity index (χ2v) is 5.64. The molecule has 118 valence electrons. The number of hydrogen-bond acceptors (Lipinski definition) is 4. The molecule has 22 heavy (non-hydrogen) atoms. The second kappa shape index (κ2) is 8.05. The van der Waals surface area contributed by atoms with Crippen molar-refractivity contribution in [1.29, 1.82) is 0 Å². The van der Waals surface area contributed by atoms with Crippen LogP contribution in [-0.2, 0) is 14.3 Å². The third-order valence-corrected chi connectivity index (χ3v) is 3.96. The zero-order valence-electron chi connectivity index (χ0n) is 12.0. The van der Waals surface area contributed by atoms with E-state index in [1.165, 1.54) is 4.90 Å². The first-order chi connectivity index (χ1) is 10.6. The zero-order chi connectivity index (χ0) is 15.9. The molecule has 6 nitrogen and oxygen atoms in total. The highest BCUT2D eigenvalue weighted by Crippen LogP contribution is 2.15. The Labute approximate surface area is 136 Å². The van der Waals surface area contributed by atoms with E-state index in [1.807, 2.05) is 6.07 Å². The maximum atomic E-state index is 11.9. The van der Waals surface area contributed by atoms with Gasteiger partial charge in [0.25, 0.3) is 5.91 Å². The third-order valence-electron chi connectivity index (χ3n) is 3.26. The highest BCUT2D eigenvalue weighted by atomic mass is 79.9. The molecule has 1 aromatic rings. The van der Waals surface area contributed by atoms with Crippen molar-refractivity contribution in [2.45, 2.75) is 12.8 Å². The van der Waals surface area contributed by atoms with Gasteiger partial charge in [-0.2, -0.15) is 0 Å². The van der Waals surface area contributed by atoms with Crippen molar-refractivity contribution in [3.05, 3.63) is 34.3 Å². The summed E-state index contributed by atoms with van der Waals surface area (Å²) in [6, 6.07) is 7.16. The summed E-state index contributed by atoms with van der Waals surface area (Å²) in [5, 5.41) is 2.74. The van der Waals surface area contributed by atoms with E-state index in [-0.39, 0.29) is 30.9 Å². The number of benzene rings is 1. The van der Waals surface area contributed by atoms with Crippen molar-refractivity contribution in [3.8, 4) is 0 Å². The summed E-state index contributed by atoms with van der Waals surface area (Å²) in [6.07, 6.45) is 0.585. The van der Waals surface area contributed by atoms with Crippen LogP contribution in [-0.4, -0.2) is 48.9 Å². The Morgan fingerprint density at radius 1 is 1.18 bits per heavy atom. The Morgan fingerprint density at radius 2 is 1.86 bits per heavy atom. The van der Waals surface area contributed by atoms with Gasteiger partial charge in [-0.1, -0.05) is 12.1 Å². The van der Waals surface area contributed by atoms with Crippen LogP contribution in [0, 0.1) is 0 Å². The minimum atomic E-state index is -0.180. The average Bonchev–Trinajstić information content (AvgIpc) is 2.82. The molecule has 0 aromatic heterocycles. The van der Waals surface area contributed by atoms with Gasteiger partial charge in [0.05, 0.1) is 25.3 Å². The van der Waals surface area contributed by atoms with Gasteiger partial charge >= 0.3 is 0 Å². The van der Waals surface area contributed by atoms with Crippen LogP contribution in [0.3, 0.4) is 0 Å². The summed E-state index contributed by atoms with van der Waals surface area (Å²) in [5.41, 5.74) is 0.566. The summed E-state index contributed by atoms with van der Waals surface area (Å²) in [6.45, 7) is 1.24. The highest BCUT2D eigenvalue weighted by Gasteiger charge is 2.28. The molecule has 0 saturated carbocycles. The van der Waals surface area contributed by atoms with Gasteiger partial charge in [-0.3, -0.25) is 19.3 Å². The number of nitrogens with one attached hydrogen (secondary N) is 1. The van der Waals surface area contributed by atoms with Gasteiger partial charge in [0, 0.05) is 23.9 Å². The lowest BCUT2D eigenvalue weighted by Gasteiger charge is -2.13. The third kappa shape index (κ3) is 4.38. The molecule has 1 saturated heterocycles. The molecular weight excluding hydrogens is 352 g/mol. The summed E-state index contributed by atoms with van der Waals surface area (Å²) < 4.78 is 6.07. The van der Waals surface area contributed by atoms with Crippen molar-refractivity contribution in [3.63, 3.8) is 0 Å². The number of hydrogen-bond donors (Lipinski definition) is 1. The molecule has 2 rings (SSSR count). The summed E-state index contributed by atoms with van der Waals surface area (Å²) in [5.74, 6) is -0.465. The molecular formula is C15H17BrN2O4. The van der Waals surface area contributed by atoms with Crippen molar-refractivity contribution < 1.29 is 19.1 Å². The molecule has 0 atom stereocenters. The van der Waals surface area contributed by atoms with E-state index in [0.29, 0.717) is 31.6 Å². The normalized spacial score (nSPS) is 14.5. The molecule has 1 N–H and O–H groups in total. The Morgan fingerprint density at radius 3 is 2.55 bits per heavy atom. The number of likely N-dealkylation sites (tertiary alicyclic amines) is 1. The molecule has 1 aliphatic rings. The number of nitrogens with zero attached hydrogens (tertiary/aromatic N) is 1. The molecule has 3 amide bonds. The number of imide groups is 1. The number of carbonyl (C=O) groups is 3. The molecule has 7 heteroatoms. The first-order valence-corrected chi connectivity index (χ1v) is 7.82. The molecule has 0 radical (unpaired) electrons. The van der Waals surface area contributed by atoms with Crippen LogP contribution >= 0.6 is 15.9 Å². The molecule has 1 aromatic carbocycles. The largest absolute Gasteiger partial charge is 0.378 e. The van der Waals surface area contributed by atoms with E-state index < -0.39 is 0 Å². The maximum absolute atomic E-state index is 11.9. The van der Waals surface area contributed by atoms with Crippen molar-refractivity contribution in [2.24, 2.45) is 0 Å². The first kappa shape index (κ1) is 16.6. The fourth-order valence-electron chi connectivity index (χ4n) is 2.11. The van der Waals surface area contributed by atoms with Gasteiger partial charge in [0.15, 0.2) is 0 Å². The Hall–Kier alpha value is -1.73. The van der Waals surface area contributed by atoms with Crippen molar-refractivity contribution in [2.75, 3.05) is 26.3 Å². The standard InChI is InChI=1S/C15H17BrN2O4/c16-12-4-2-1-3-11(12)15(21)17-7-9-22-10-8-18-13(19)5-6-14(18)20/h1-4H,5-10H2,(H,17,21). The SMILES string of the molecule is O=C(NCCOCCN1C(=O)CCC1=O)c1ccccc1Br. The van der Waals surface area contributed by atoms with Gasteiger partial charge in [-0.05, 0) is 28.1 Å². The minimum absolute atomic E-state index is 0.143. The fraction of sp³-hybridized carbons (Fsp3) is 0.400. The van der Waals surface area contributed by atoms with E-state index in [1.54, 1.807) is 18.2 Å². The van der Waals surface area contributed by atoms with Gasteiger partial charge in [0.2, 0.25) is 11.8 Å². The second-order valence-electron chi connectivity index (χ2n) is 4.79. The molecule has 0 unspecified atom stereocenters. The number of rotatable bonds is 7. The summed E-state index contributed by atoms with van der Waals surface area (Å²) in [4.78, 5) is 35.9. The number of carbonyl (C=O) groups excluding carboxylic acids is 3. The lowest BCUT2D eigenvalue weighted by Crippen LogP contribution is -2.33. The van der Waals surface area contributed by atoms with Crippen LogP contribution in [0.1, 0.15) is 23.2 Å². The van der Waals surface area contributed by atoms with Crippen LogP contribution in [0.15, 0.2) is 28.7 Å². The Balaban J connectivity index is 1.62. The topological polar surface area (TPSA) is 75.7 Å². The number of halogens is 1. The molecule has 1 aliphatic heterocycles. The highest BCUT2D eigenvalue weighted by molar-refractivity contribution is 9.10. The van der Waals surface area contributed by atoms with Crippen LogP contribution < -0.4 is 5.32 Å². The molecule has 1 fully saturated rings. The van der Waals surface area contributed by atoms with E-state index >= 15 is 0 Å². The van der Waals surface area contributed by atoms with Gasteiger partial charge in [0.1, 0.15) is 0 Å². The van der Waals surface area contributed by atoms with Gasteiger partial charge in [-0.25, -0.2) is 0 Å². The van der Waals surface area contributed by atoms with Crippen LogP contribution in [0.2, 0.25) is 0 Å². The molecule has 0 aliphatic carbocycles. The van der Waals surface area contributed by atoms with Crippen LogP contribution in [0.5, 0.6) is 0 Å². The first-order valence-electron chi connectivity index (χ1n) is 7.03. The smallest absolute Gasteiger partial charge is 0.252 e. The Bertz CT molecular complexity index is 560. The fourth-order valence-corrected chi connectivity index (χ4v) is 2.57. The van der Waals surface area contributed by atoms with Gasteiger partial charge < -0.3 is 10.1 Å². The van der Waals surface area contributed by atoms with Crippen molar-refractivity contribution >= 4 is 33.7 Å². The van der Waals surface area contributed by atoms with Crippen LogP contribution in [0.25, 0.3) is 0 Å². The summed E-state index contributed by atoms with van der Waals surface area (Å²) >= 11 is 3.32. The van der Waals surface area contributed by atoms with Crippen LogP contribution in [0.4, 0.5) is 0 Å². The average molecular weight is 369 g/mol. The quantitative estimate of drug-likeness (QED) is 0.582. The number of amides is 3. The van der Waals surface area contributed by atoms with E-state index in [9.17, 15) is 14.4 Å². The lowest BCUT2D eigenvalue weighted by molar-refractivity contribution is -0.139. The van der Waals surface area contributed by atoms with E-state index in [0.717, 1.165) is 4.47 Å². The van der Waals surface area contributed by atoms with E-state index in [4.69, 9.17) is 4.74 Å². The molecule has 0 spiro atoms. The monoisotopic (exact) mass is 368 g/mol. The van der Waals surface area contributed by atoms with Gasteiger partial charge in [-0.15, -0.1) is 0 Å². The lowest BCUT2D eigenvalue weighted by atomic mass is 10.2. The molecule has 1 heterocycles. The zero-order valence-corrected chi connectivity index (χ0v) is 13.6. The van der Waals surface area contributed by atoms with E-state index in [2.05, 4.69) is 21.2 Å². The number of ether oxygens (including phenoxy) is 1. The molecule has 0 bridgehead atoms. The van der Waals surface area contributed by atoms with Crippen molar-refractivity contribution in [1.82, 2.24) is 10.2 Å². The Kier molecular flexibility index (Phi) is 6.09. The minimum Gasteiger partial charge on any atom is -0.378 e.